The topological polar surface area (TPSA) is 57.9 Å². The van der Waals surface area contributed by atoms with Crippen LogP contribution in [0.1, 0.15) is 38.8 Å². The van der Waals surface area contributed by atoms with E-state index in [2.05, 4.69) is 0 Å². The van der Waals surface area contributed by atoms with Crippen LogP contribution >= 0.6 is 0 Å². The summed E-state index contributed by atoms with van der Waals surface area (Å²) in [5, 5.41) is 8.72. The Labute approximate surface area is 82.0 Å². The van der Waals surface area contributed by atoms with E-state index in [1.807, 2.05) is 6.07 Å². The highest BCUT2D eigenvalue weighted by atomic mass is 16.1. The molecule has 0 saturated carbocycles. The second kappa shape index (κ2) is 3.84. The Bertz CT molecular complexity index is 441. The van der Waals surface area contributed by atoms with Crippen LogP contribution in [0.4, 0.5) is 0 Å². The number of benzene rings is 1. The molecule has 0 atom stereocenters. The molecular weight excluding hydrogens is 178 g/mol. The highest BCUT2D eigenvalue weighted by Crippen LogP contribution is 2.16. The Morgan fingerprint density at radius 1 is 1.50 bits per heavy atom. The van der Waals surface area contributed by atoms with Crippen molar-refractivity contribution in [1.82, 2.24) is 0 Å². The maximum atomic E-state index is 11.1. The second-order valence-corrected chi connectivity index (χ2v) is 2.99. The van der Waals surface area contributed by atoms with Crippen LogP contribution in [-0.4, -0.2) is 12.1 Å². The molecule has 0 saturated heterocycles. The molecule has 70 valence electrons. The summed E-state index contributed by atoms with van der Waals surface area (Å²) in [5.41, 5.74) is 1.68. The summed E-state index contributed by atoms with van der Waals surface area (Å²) in [5.74, 6) is -0.167. The Hall–Kier alpha value is -1.95. The first kappa shape index (κ1) is 10.1. The van der Waals surface area contributed by atoms with Gasteiger partial charge in [0.2, 0.25) is 0 Å². The van der Waals surface area contributed by atoms with Crippen LogP contribution in [0.15, 0.2) is 12.1 Å². The molecule has 3 heteroatoms. The molecule has 0 N–H and O–H groups in total. The predicted octanol–water partition coefficient (Wildman–Crippen LogP) is 1.88. The molecule has 1 aromatic rings. The number of ketones is 1. The normalized spacial score (nSPS) is 9.21. The van der Waals surface area contributed by atoms with E-state index < -0.39 is 0 Å². The van der Waals surface area contributed by atoms with Crippen molar-refractivity contribution in [3.05, 3.63) is 34.4 Å². The number of hydrogen-bond donors (Lipinski definition) is 0. The van der Waals surface area contributed by atoms with Crippen LogP contribution in [0.2, 0.25) is 0 Å². The first-order valence-electron chi connectivity index (χ1n) is 4.11. The zero-order chi connectivity index (χ0) is 10.7. The summed E-state index contributed by atoms with van der Waals surface area (Å²) >= 11 is 0. The van der Waals surface area contributed by atoms with Gasteiger partial charge in [0.15, 0.2) is 12.1 Å². The molecule has 0 aliphatic heterocycles. The van der Waals surface area contributed by atoms with Gasteiger partial charge in [-0.25, -0.2) is 0 Å². The fourth-order valence-electron chi connectivity index (χ4n) is 1.31. The van der Waals surface area contributed by atoms with Crippen LogP contribution in [0.25, 0.3) is 0 Å². The van der Waals surface area contributed by atoms with Crippen molar-refractivity contribution in [3.63, 3.8) is 0 Å². The van der Waals surface area contributed by atoms with E-state index in [0.29, 0.717) is 28.5 Å². The third-order valence-electron chi connectivity index (χ3n) is 2.13. The van der Waals surface area contributed by atoms with Gasteiger partial charge in [0.1, 0.15) is 0 Å². The van der Waals surface area contributed by atoms with Crippen LogP contribution in [0, 0.1) is 18.3 Å². The first-order valence-corrected chi connectivity index (χ1v) is 4.11. The Balaban J connectivity index is 3.53. The smallest absolute Gasteiger partial charge is 0.160 e. The number of Topliss-reactive ketones (excluding diaryl/α,β-unsaturated/α-hetero) is 1. The van der Waals surface area contributed by atoms with Gasteiger partial charge < -0.3 is 0 Å². The number of carbonyl (C=O) groups is 2. The summed E-state index contributed by atoms with van der Waals surface area (Å²) in [4.78, 5) is 21.9. The minimum atomic E-state index is -0.167. The lowest BCUT2D eigenvalue weighted by atomic mass is 9.96. The molecule has 0 aromatic heterocycles. The van der Waals surface area contributed by atoms with E-state index in [-0.39, 0.29) is 5.78 Å². The quantitative estimate of drug-likeness (QED) is 0.524. The SMILES string of the molecule is CC(=O)c1ccc(C#N)c(C)c1C=O. The van der Waals surface area contributed by atoms with Crippen molar-refractivity contribution in [3.8, 4) is 6.07 Å². The van der Waals surface area contributed by atoms with Gasteiger partial charge in [0.25, 0.3) is 0 Å². The zero-order valence-corrected chi connectivity index (χ0v) is 8.00. The average Bonchev–Trinajstić information content (AvgIpc) is 2.17. The van der Waals surface area contributed by atoms with Crippen molar-refractivity contribution in [1.29, 1.82) is 5.26 Å². The van der Waals surface area contributed by atoms with Crippen molar-refractivity contribution >= 4 is 12.1 Å². The zero-order valence-electron chi connectivity index (χ0n) is 8.00. The third-order valence-corrected chi connectivity index (χ3v) is 2.13. The van der Waals surface area contributed by atoms with Crippen molar-refractivity contribution in [2.45, 2.75) is 13.8 Å². The largest absolute Gasteiger partial charge is 0.298 e. The van der Waals surface area contributed by atoms with Crippen molar-refractivity contribution in [2.75, 3.05) is 0 Å². The lowest BCUT2D eigenvalue weighted by molar-refractivity contribution is 0.100. The molecule has 3 nitrogen and oxygen atoms in total. The molecule has 0 bridgehead atoms. The third kappa shape index (κ3) is 1.55. The number of nitrogens with zero attached hydrogens (tertiary/aromatic N) is 1. The minimum Gasteiger partial charge on any atom is -0.298 e. The van der Waals surface area contributed by atoms with Gasteiger partial charge in [-0.3, -0.25) is 9.59 Å². The van der Waals surface area contributed by atoms with E-state index in [1.165, 1.54) is 13.0 Å². The number of aldehydes is 1. The Morgan fingerprint density at radius 2 is 2.14 bits per heavy atom. The molecule has 0 aliphatic rings. The molecule has 0 fully saturated rings. The van der Waals surface area contributed by atoms with E-state index in [9.17, 15) is 9.59 Å². The second-order valence-electron chi connectivity index (χ2n) is 2.99. The maximum Gasteiger partial charge on any atom is 0.160 e. The van der Waals surface area contributed by atoms with Crippen molar-refractivity contribution < 1.29 is 9.59 Å². The number of rotatable bonds is 2. The van der Waals surface area contributed by atoms with Gasteiger partial charge in [-0.2, -0.15) is 5.26 Å². The van der Waals surface area contributed by atoms with E-state index >= 15 is 0 Å². The van der Waals surface area contributed by atoms with Crippen molar-refractivity contribution in [2.24, 2.45) is 0 Å². The molecule has 0 unspecified atom stereocenters. The number of hydrogen-bond acceptors (Lipinski definition) is 3. The molecule has 0 radical (unpaired) electrons. The highest BCUT2D eigenvalue weighted by molar-refractivity contribution is 6.02. The van der Waals surface area contributed by atoms with Gasteiger partial charge in [0, 0.05) is 11.1 Å². The lowest BCUT2D eigenvalue weighted by Crippen LogP contribution is -2.02. The monoisotopic (exact) mass is 187 g/mol. The van der Waals surface area contributed by atoms with E-state index in [1.54, 1.807) is 13.0 Å². The summed E-state index contributed by atoms with van der Waals surface area (Å²) in [6.45, 7) is 3.06. The predicted molar refractivity (Wildman–Crippen MR) is 51.3 cm³/mol. The standard InChI is InChI=1S/C11H9NO2/c1-7-9(5-12)3-4-10(8(2)14)11(7)6-13/h3-4,6H,1-2H3. The molecule has 0 amide bonds. The van der Waals surface area contributed by atoms with Gasteiger partial charge in [-0.1, -0.05) is 0 Å². The maximum absolute atomic E-state index is 11.1. The van der Waals surface area contributed by atoms with Gasteiger partial charge in [0.05, 0.1) is 11.6 Å². The highest BCUT2D eigenvalue weighted by Gasteiger charge is 2.11. The molecule has 14 heavy (non-hydrogen) atoms. The lowest BCUT2D eigenvalue weighted by Gasteiger charge is -2.05. The molecule has 1 rings (SSSR count). The van der Waals surface area contributed by atoms with Crippen LogP contribution in [0.5, 0.6) is 0 Å². The fraction of sp³-hybridized carbons (Fsp3) is 0.182. The van der Waals surface area contributed by atoms with Gasteiger partial charge >= 0.3 is 0 Å². The number of carbonyl (C=O) groups excluding carboxylic acids is 2. The minimum absolute atomic E-state index is 0.167. The van der Waals surface area contributed by atoms with Gasteiger partial charge in [-0.05, 0) is 31.5 Å². The van der Waals surface area contributed by atoms with Gasteiger partial charge in [-0.15, -0.1) is 0 Å². The average molecular weight is 187 g/mol. The summed E-state index contributed by atoms with van der Waals surface area (Å²) < 4.78 is 0. The summed E-state index contributed by atoms with van der Waals surface area (Å²) in [7, 11) is 0. The molecule has 0 spiro atoms. The van der Waals surface area contributed by atoms with Crippen LogP contribution in [0.3, 0.4) is 0 Å². The molecule has 1 aromatic carbocycles. The molecular formula is C11H9NO2. The molecule has 0 heterocycles. The number of nitriles is 1. The Kier molecular flexibility index (Phi) is 2.78. The van der Waals surface area contributed by atoms with E-state index in [0.717, 1.165) is 0 Å². The summed E-state index contributed by atoms with van der Waals surface area (Å²) in [6, 6.07) is 5.03. The van der Waals surface area contributed by atoms with Crippen LogP contribution in [-0.2, 0) is 0 Å². The Morgan fingerprint density at radius 3 is 2.57 bits per heavy atom. The molecule has 0 aliphatic carbocycles. The fourth-order valence-corrected chi connectivity index (χ4v) is 1.31. The van der Waals surface area contributed by atoms with E-state index in [4.69, 9.17) is 5.26 Å². The van der Waals surface area contributed by atoms with Crippen LogP contribution < -0.4 is 0 Å². The first-order chi connectivity index (χ1) is 6.61. The summed E-state index contributed by atoms with van der Waals surface area (Å²) in [6.07, 6.45) is 0.618.